The first-order valence-corrected chi connectivity index (χ1v) is 5.50. The van der Waals surface area contributed by atoms with Gasteiger partial charge in [0, 0.05) is 30.5 Å². The van der Waals surface area contributed by atoms with E-state index in [0.29, 0.717) is 0 Å². The van der Waals surface area contributed by atoms with E-state index in [4.69, 9.17) is 5.73 Å². The number of imidazole rings is 1. The topological polar surface area (TPSA) is 43.8 Å². The fourth-order valence-electron chi connectivity index (χ4n) is 1.81. The molecule has 0 spiro atoms. The van der Waals surface area contributed by atoms with Crippen LogP contribution in [0.15, 0.2) is 36.7 Å². The van der Waals surface area contributed by atoms with Crippen LogP contribution in [0.1, 0.15) is 12.5 Å². The molecular formula is C13H17N3. The van der Waals surface area contributed by atoms with E-state index in [9.17, 15) is 0 Å². The maximum absolute atomic E-state index is 5.81. The van der Waals surface area contributed by atoms with Crippen molar-refractivity contribution in [2.24, 2.45) is 5.73 Å². The molecule has 0 aliphatic heterocycles. The van der Waals surface area contributed by atoms with Crippen LogP contribution in [0.5, 0.6) is 0 Å². The predicted molar refractivity (Wildman–Crippen MR) is 66.0 cm³/mol. The fraction of sp³-hybridized carbons (Fsp3) is 0.308. The highest BCUT2D eigenvalue weighted by Crippen LogP contribution is 2.18. The number of nitrogens with zero attached hydrogens (tertiary/aromatic N) is 2. The molecule has 0 radical (unpaired) electrons. The lowest BCUT2D eigenvalue weighted by Gasteiger charge is -2.10. The molecule has 0 fully saturated rings. The Bertz CT molecular complexity index is 472. The molecule has 3 heteroatoms. The van der Waals surface area contributed by atoms with Gasteiger partial charge < -0.3 is 10.3 Å². The largest absolute Gasteiger partial charge is 0.329 e. The number of aromatic nitrogens is 2. The molecular weight excluding hydrogens is 198 g/mol. The van der Waals surface area contributed by atoms with Crippen LogP contribution < -0.4 is 5.73 Å². The highest BCUT2D eigenvalue weighted by Gasteiger charge is 2.06. The van der Waals surface area contributed by atoms with Crippen LogP contribution in [0.4, 0.5) is 0 Å². The Labute approximate surface area is 95.9 Å². The second kappa shape index (κ2) is 4.49. The van der Waals surface area contributed by atoms with Crippen LogP contribution >= 0.6 is 0 Å². The summed E-state index contributed by atoms with van der Waals surface area (Å²) in [5.41, 5.74) is 8.20. The highest BCUT2D eigenvalue weighted by atomic mass is 15.1. The third-order valence-corrected chi connectivity index (χ3v) is 2.48. The van der Waals surface area contributed by atoms with E-state index in [1.165, 1.54) is 5.56 Å². The Morgan fingerprint density at radius 2 is 2.25 bits per heavy atom. The van der Waals surface area contributed by atoms with Gasteiger partial charge in [-0.1, -0.05) is 23.8 Å². The van der Waals surface area contributed by atoms with Crippen LogP contribution in [0.25, 0.3) is 11.4 Å². The first-order chi connectivity index (χ1) is 7.66. The van der Waals surface area contributed by atoms with E-state index in [2.05, 4.69) is 40.7 Å². The summed E-state index contributed by atoms with van der Waals surface area (Å²) >= 11 is 0. The molecule has 0 saturated heterocycles. The Morgan fingerprint density at radius 3 is 2.94 bits per heavy atom. The number of benzene rings is 1. The average molecular weight is 215 g/mol. The van der Waals surface area contributed by atoms with E-state index in [1.54, 1.807) is 0 Å². The van der Waals surface area contributed by atoms with Gasteiger partial charge in [-0.15, -0.1) is 0 Å². The van der Waals surface area contributed by atoms with Crippen molar-refractivity contribution < 1.29 is 0 Å². The van der Waals surface area contributed by atoms with Gasteiger partial charge >= 0.3 is 0 Å². The summed E-state index contributed by atoms with van der Waals surface area (Å²) in [7, 11) is 0. The van der Waals surface area contributed by atoms with Crippen LogP contribution in [-0.2, 0) is 6.54 Å². The molecule has 1 heterocycles. The normalized spacial score (nSPS) is 12.7. The molecule has 1 unspecified atom stereocenters. The van der Waals surface area contributed by atoms with Gasteiger partial charge in [0.1, 0.15) is 5.82 Å². The fourth-order valence-corrected chi connectivity index (χ4v) is 1.81. The van der Waals surface area contributed by atoms with E-state index in [-0.39, 0.29) is 6.04 Å². The van der Waals surface area contributed by atoms with Crippen molar-refractivity contribution in [2.75, 3.05) is 0 Å². The van der Waals surface area contributed by atoms with Crippen molar-refractivity contribution >= 4 is 0 Å². The van der Waals surface area contributed by atoms with Crippen molar-refractivity contribution in [3.63, 3.8) is 0 Å². The SMILES string of the molecule is Cc1cccc(-c2nccn2CC(C)N)c1. The molecule has 2 aromatic rings. The smallest absolute Gasteiger partial charge is 0.139 e. The Kier molecular flexibility index (Phi) is 3.06. The third-order valence-electron chi connectivity index (χ3n) is 2.48. The third kappa shape index (κ3) is 2.31. The molecule has 0 amide bonds. The summed E-state index contributed by atoms with van der Waals surface area (Å²) in [6.45, 7) is 4.88. The zero-order chi connectivity index (χ0) is 11.5. The molecule has 84 valence electrons. The van der Waals surface area contributed by atoms with E-state index in [0.717, 1.165) is 17.9 Å². The summed E-state index contributed by atoms with van der Waals surface area (Å²) in [5, 5.41) is 0. The monoisotopic (exact) mass is 215 g/mol. The van der Waals surface area contributed by atoms with E-state index < -0.39 is 0 Å². The lowest BCUT2D eigenvalue weighted by Crippen LogP contribution is -2.22. The second-order valence-corrected chi connectivity index (χ2v) is 4.25. The van der Waals surface area contributed by atoms with Gasteiger partial charge in [-0.2, -0.15) is 0 Å². The van der Waals surface area contributed by atoms with Crippen molar-refractivity contribution in [1.29, 1.82) is 0 Å². The van der Waals surface area contributed by atoms with Crippen LogP contribution in [-0.4, -0.2) is 15.6 Å². The number of rotatable bonds is 3. The summed E-state index contributed by atoms with van der Waals surface area (Å²) in [4.78, 5) is 4.39. The summed E-state index contributed by atoms with van der Waals surface area (Å²) in [5.74, 6) is 0.987. The molecule has 1 aromatic carbocycles. The molecule has 1 aromatic heterocycles. The quantitative estimate of drug-likeness (QED) is 0.853. The Hall–Kier alpha value is -1.61. The van der Waals surface area contributed by atoms with Crippen LogP contribution in [0, 0.1) is 6.92 Å². The van der Waals surface area contributed by atoms with Gasteiger partial charge in [-0.25, -0.2) is 4.98 Å². The number of hydrogen-bond donors (Lipinski definition) is 1. The minimum Gasteiger partial charge on any atom is -0.329 e. The van der Waals surface area contributed by atoms with Crippen molar-refractivity contribution in [3.8, 4) is 11.4 Å². The lowest BCUT2D eigenvalue weighted by atomic mass is 10.1. The zero-order valence-corrected chi connectivity index (χ0v) is 9.72. The van der Waals surface area contributed by atoms with E-state index in [1.807, 2.05) is 19.3 Å². The van der Waals surface area contributed by atoms with Gasteiger partial charge in [-0.05, 0) is 19.9 Å². The van der Waals surface area contributed by atoms with Gasteiger partial charge in [0.2, 0.25) is 0 Å². The summed E-state index contributed by atoms with van der Waals surface area (Å²) < 4.78 is 2.10. The molecule has 3 nitrogen and oxygen atoms in total. The van der Waals surface area contributed by atoms with Crippen molar-refractivity contribution in [3.05, 3.63) is 42.2 Å². The van der Waals surface area contributed by atoms with Gasteiger partial charge in [0.15, 0.2) is 0 Å². The lowest BCUT2D eigenvalue weighted by molar-refractivity contribution is 0.594. The molecule has 0 aliphatic rings. The summed E-state index contributed by atoms with van der Waals surface area (Å²) in [6.07, 6.45) is 3.79. The minimum absolute atomic E-state index is 0.137. The maximum Gasteiger partial charge on any atom is 0.139 e. The Morgan fingerprint density at radius 1 is 1.44 bits per heavy atom. The standard InChI is InChI=1S/C13H17N3/c1-10-4-3-5-12(8-10)13-15-6-7-16(13)9-11(2)14/h3-8,11H,9,14H2,1-2H3. The molecule has 2 N–H and O–H groups in total. The minimum atomic E-state index is 0.137. The van der Waals surface area contributed by atoms with Crippen molar-refractivity contribution in [2.45, 2.75) is 26.4 Å². The first kappa shape index (κ1) is 10.9. The second-order valence-electron chi connectivity index (χ2n) is 4.25. The first-order valence-electron chi connectivity index (χ1n) is 5.50. The maximum atomic E-state index is 5.81. The molecule has 0 aliphatic carbocycles. The highest BCUT2D eigenvalue weighted by molar-refractivity contribution is 5.56. The van der Waals surface area contributed by atoms with Crippen molar-refractivity contribution in [1.82, 2.24) is 9.55 Å². The zero-order valence-electron chi connectivity index (χ0n) is 9.72. The number of nitrogens with two attached hydrogens (primary N) is 1. The van der Waals surface area contributed by atoms with Crippen LogP contribution in [0.3, 0.4) is 0 Å². The molecule has 1 atom stereocenters. The molecule has 0 bridgehead atoms. The van der Waals surface area contributed by atoms with Gasteiger partial charge in [0.05, 0.1) is 0 Å². The molecule has 2 rings (SSSR count). The van der Waals surface area contributed by atoms with Gasteiger partial charge in [-0.3, -0.25) is 0 Å². The van der Waals surface area contributed by atoms with E-state index >= 15 is 0 Å². The predicted octanol–water partition coefficient (Wildman–Crippen LogP) is 2.21. The van der Waals surface area contributed by atoms with Crippen LogP contribution in [0.2, 0.25) is 0 Å². The molecule has 16 heavy (non-hydrogen) atoms. The average Bonchev–Trinajstić information content (AvgIpc) is 2.65. The Balaban J connectivity index is 2.37. The molecule has 0 saturated carbocycles. The number of aryl methyl sites for hydroxylation is 1. The van der Waals surface area contributed by atoms with Gasteiger partial charge in [0.25, 0.3) is 0 Å². The summed E-state index contributed by atoms with van der Waals surface area (Å²) in [6, 6.07) is 8.49. The number of hydrogen-bond acceptors (Lipinski definition) is 2.